The quantitative estimate of drug-likeness (QED) is 0.689. The molecule has 5 nitrogen and oxygen atoms in total. The number of amides is 1. The van der Waals surface area contributed by atoms with Crippen molar-refractivity contribution in [2.24, 2.45) is 5.73 Å². The highest BCUT2D eigenvalue weighted by Crippen LogP contribution is 2.10. The van der Waals surface area contributed by atoms with E-state index in [0.29, 0.717) is 0 Å². The smallest absolute Gasteiger partial charge is 0.407 e. The fraction of sp³-hybridized carbons (Fsp3) is 0.909. The normalized spacial score (nSPS) is 27.6. The molecule has 94 valence electrons. The molecule has 0 bridgehead atoms. The topological polar surface area (TPSA) is 67.6 Å². The van der Waals surface area contributed by atoms with E-state index in [9.17, 15) is 4.79 Å². The van der Waals surface area contributed by atoms with E-state index in [1.165, 1.54) is 0 Å². The van der Waals surface area contributed by atoms with Crippen LogP contribution in [0.3, 0.4) is 0 Å². The second-order valence-corrected chi connectivity index (χ2v) is 5.47. The molecule has 2 atom stereocenters. The Labute approximate surface area is 97.3 Å². The van der Waals surface area contributed by atoms with Gasteiger partial charge in [0.15, 0.2) is 0 Å². The van der Waals surface area contributed by atoms with Crippen molar-refractivity contribution < 1.29 is 9.53 Å². The molecule has 0 unspecified atom stereocenters. The molecule has 1 aliphatic rings. The SMILES string of the molecule is CN1CC[C@H](N)[C@H](NC(=O)OC(C)(C)C)C1. The van der Waals surface area contributed by atoms with Crippen LogP contribution in [0.5, 0.6) is 0 Å². The van der Waals surface area contributed by atoms with Crippen molar-refractivity contribution in [1.29, 1.82) is 0 Å². The maximum absolute atomic E-state index is 11.6. The summed E-state index contributed by atoms with van der Waals surface area (Å²) in [5.74, 6) is 0. The first-order chi connectivity index (χ1) is 7.28. The summed E-state index contributed by atoms with van der Waals surface area (Å²) in [6, 6.07) is -0.00248. The Kier molecular flexibility index (Phi) is 4.15. The van der Waals surface area contributed by atoms with Crippen LogP contribution >= 0.6 is 0 Å². The first kappa shape index (κ1) is 13.3. The van der Waals surface area contributed by atoms with Crippen LogP contribution in [0.4, 0.5) is 4.79 Å². The van der Waals surface area contributed by atoms with Crippen molar-refractivity contribution in [2.45, 2.75) is 44.9 Å². The lowest BCUT2D eigenvalue weighted by molar-refractivity contribution is 0.0468. The number of hydrogen-bond acceptors (Lipinski definition) is 4. The largest absolute Gasteiger partial charge is 0.444 e. The van der Waals surface area contributed by atoms with Gasteiger partial charge in [0.1, 0.15) is 5.60 Å². The summed E-state index contributed by atoms with van der Waals surface area (Å²) >= 11 is 0. The molecule has 5 heteroatoms. The molecule has 1 aliphatic heterocycles. The van der Waals surface area contributed by atoms with Crippen LogP contribution in [0.15, 0.2) is 0 Å². The lowest BCUT2D eigenvalue weighted by atomic mass is 10.0. The van der Waals surface area contributed by atoms with E-state index in [1.54, 1.807) is 0 Å². The van der Waals surface area contributed by atoms with Crippen molar-refractivity contribution in [1.82, 2.24) is 10.2 Å². The number of piperidine rings is 1. The van der Waals surface area contributed by atoms with Crippen molar-refractivity contribution in [3.05, 3.63) is 0 Å². The zero-order chi connectivity index (χ0) is 12.3. The third-order valence-electron chi connectivity index (χ3n) is 2.57. The van der Waals surface area contributed by atoms with Gasteiger partial charge in [0.25, 0.3) is 0 Å². The number of nitrogens with two attached hydrogens (primary N) is 1. The standard InChI is InChI=1S/C11H23N3O2/c1-11(2,3)16-10(15)13-9-7-14(4)6-5-8(9)12/h8-9H,5-7,12H2,1-4H3,(H,13,15)/t8-,9+/m0/s1. The Balaban J connectivity index is 2.43. The molecule has 1 saturated heterocycles. The van der Waals surface area contributed by atoms with Gasteiger partial charge in [0.2, 0.25) is 0 Å². The van der Waals surface area contributed by atoms with E-state index in [1.807, 2.05) is 27.8 Å². The number of nitrogens with zero attached hydrogens (tertiary/aromatic N) is 1. The minimum absolute atomic E-state index is 0.0173. The molecule has 1 amide bonds. The average Bonchev–Trinajstić information content (AvgIpc) is 2.08. The Morgan fingerprint density at radius 1 is 1.50 bits per heavy atom. The van der Waals surface area contributed by atoms with Crippen LogP contribution in [0.2, 0.25) is 0 Å². The molecule has 16 heavy (non-hydrogen) atoms. The molecule has 0 aliphatic carbocycles. The number of likely N-dealkylation sites (tertiary alicyclic amines) is 1. The fourth-order valence-corrected chi connectivity index (χ4v) is 1.74. The van der Waals surface area contributed by atoms with E-state index in [4.69, 9.17) is 10.5 Å². The molecular formula is C11H23N3O2. The zero-order valence-electron chi connectivity index (χ0n) is 10.6. The Hall–Kier alpha value is -0.810. The van der Waals surface area contributed by atoms with Crippen LogP contribution in [0.25, 0.3) is 0 Å². The first-order valence-corrected chi connectivity index (χ1v) is 5.71. The first-order valence-electron chi connectivity index (χ1n) is 5.71. The number of hydrogen-bond donors (Lipinski definition) is 2. The molecule has 0 radical (unpaired) electrons. The van der Waals surface area contributed by atoms with Crippen LogP contribution in [-0.4, -0.2) is 48.8 Å². The number of carbonyl (C=O) groups excluding carboxylic acids is 1. The minimum Gasteiger partial charge on any atom is -0.444 e. The second-order valence-electron chi connectivity index (χ2n) is 5.47. The van der Waals surface area contributed by atoms with Gasteiger partial charge in [0, 0.05) is 12.6 Å². The molecule has 1 heterocycles. The number of likely N-dealkylation sites (N-methyl/N-ethyl adjacent to an activating group) is 1. The molecular weight excluding hydrogens is 206 g/mol. The predicted octanol–water partition coefficient (Wildman–Crippen LogP) is 0.543. The lowest BCUT2D eigenvalue weighted by Crippen LogP contribution is -2.57. The third-order valence-corrected chi connectivity index (χ3v) is 2.57. The summed E-state index contributed by atoms with van der Waals surface area (Å²) in [6.45, 7) is 7.30. The molecule has 0 saturated carbocycles. The zero-order valence-corrected chi connectivity index (χ0v) is 10.6. The van der Waals surface area contributed by atoms with Gasteiger partial charge >= 0.3 is 6.09 Å². The van der Waals surface area contributed by atoms with Gasteiger partial charge in [-0.15, -0.1) is 0 Å². The predicted molar refractivity (Wildman–Crippen MR) is 63.2 cm³/mol. The van der Waals surface area contributed by atoms with E-state index in [0.717, 1.165) is 19.5 Å². The summed E-state index contributed by atoms with van der Waals surface area (Å²) < 4.78 is 5.20. The highest BCUT2D eigenvalue weighted by molar-refractivity contribution is 5.68. The second kappa shape index (κ2) is 5.01. The summed E-state index contributed by atoms with van der Waals surface area (Å²) in [5.41, 5.74) is 5.49. The minimum atomic E-state index is -0.464. The van der Waals surface area contributed by atoms with Gasteiger partial charge in [-0.2, -0.15) is 0 Å². The van der Waals surface area contributed by atoms with Gasteiger partial charge in [-0.25, -0.2) is 4.79 Å². The summed E-state index contributed by atoms with van der Waals surface area (Å²) in [7, 11) is 2.02. The molecule has 1 fully saturated rings. The average molecular weight is 229 g/mol. The molecule has 3 N–H and O–H groups in total. The van der Waals surface area contributed by atoms with Crippen molar-refractivity contribution in [2.75, 3.05) is 20.1 Å². The summed E-state index contributed by atoms with van der Waals surface area (Å²) in [6.07, 6.45) is 0.514. The highest BCUT2D eigenvalue weighted by atomic mass is 16.6. The van der Waals surface area contributed by atoms with Crippen LogP contribution in [0, 0.1) is 0 Å². The van der Waals surface area contributed by atoms with Crippen LogP contribution in [0.1, 0.15) is 27.2 Å². The van der Waals surface area contributed by atoms with E-state index < -0.39 is 5.60 Å². The number of ether oxygens (including phenoxy) is 1. The monoisotopic (exact) mass is 229 g/mol. The van der Waals surface area contributed by atoms with Gasteiger partial charge in [-0.1, -0.05) is 0 Å². The number of rotatable bonds is 1. The van der Waals surface area contributed by atoms with Crippen molar-refractivity contribution in [3.63, 3.8) is 0 Å². The van der Waals surface area contributed by atoms with Gasteiger partial charge in [0.05, 0.1) is 6.04 Å². The van der Waals surface area contributed by atoms with E-state index >= 15 is 0 Å². The Morgan fingerprint density at radius 3 is 2.69 bits per heavy atom. The lowest BCUT2D eigenvalue weighted by Gasteiger charge is -2.35. The molecule has 0 spiro atoms. The summed E-state index contributed by atoms with van der Waals surface area (Å²) in [5, 5.41) is 2.83. The van der Waals surface area contributed by atoms with Crippen molar-refractivity contribution >= 4 is 6.09 Å². The Bertz CT molecular complexity index is 250. The maximum Gasteiger partial charge on any atom is 0.407 e. The molecule has 0 aromatic rings. The van der Waals surface area contributed by atoms with Crippen molar-refractivity contribution in [3.8, 4) is 0 Å². The third kappa shape index (κ3) is 4.37. The Morgan fingerprint density at radius 2 is 2.12 bits per heavy atom. The molecule has 0 aromatic heterocycles. The number of nitrogens with one attached hydrogen (secondary N) is 1. The van der Waals surface area contributed by atoms with Gasteiger partial charge < -0.3 is 20.7 Å². The maximum atomic E-state index is 11.6. The fourth-order valence-electron chi connectivity index (χ4n) is 1.74. The highest BCUT2D eigenvalue weighted by Gasteiger charge is 2.27. The van der Waals surface area contributed by atoms with E-state index in [-0.39, 0.29) is 18.2 Å². The number of alkyl carbamates (subject to hydrolysis) is 1. The number of carbonyl (C=O) groups is 1. The van der Waals surface area contributed by atoms with Gasteiger partial charge in [-0.3, -0.25) is 0 Å². The van der Waals surface area contributed by atoms with Crippen LogP contribution < -0.4 is 11.1 Å². The molecule has 0 aromatic carbocycles. The molecule has 1 rings (SSSR count). The van der Waals surface area contributed by atoms with E-state index in [2.05, 4.69) is 10.2 Å². The summed E-state index contributed by atoms with van der Waals surface area (Å²) in [4.78, 5) is 13.7. The van der Waals surface area contributed by atoms with Crippen LogP contribution in [-0.2, 0) is 4.74 Å². The van der Waals surface area contributed by atoms with Gasteiger partial charge in [-0.05, 0) is 40.8 Å².